The van der Waals surface area contributed by atoms with Gasteiger partial charge in [-0.05, 0) is 64.2 Å². The van der Waals surface area contributed by atoms with Gasteiger partial charge in [0.15, 0.2) is 0 Å². The SMILES string of the molecule is Cc1ccc(NC2CCC(N3C(=O)C(C)(C)c4cccnc43)CC2)nc1. The van der Waals surface area contributed by atoms with Gasteiger partial charge >= 0.3 is 0 Å². The predicted molar refractivity (Wildman–Crippen MR) is 103 cm³/mol. The summed E-state index contributed by atoms with van der Waals surface area (Å²) in [4.78, 5) is 24.0. The molecule has 0 saturated heterocycles. The number of hydrogen-bond donors (Lipinski definition) is 1. The van der Waals surface area contributed by atoms with Crippen molar-refractivity contribution in [1.29, 1.82) is 0 Å². The lowest BCUT2D eigenvalue weighted by Gasteiger charge is -2.35. The first-order chi connectivity index (χ1) is 12.5. The highest BCUT2D eigenvalue weighted by atomic mass is 16.2. The lowest BCUT2D eigenvalue weighted by atomic mass is 9.86. The number of nitrogens with zero attached hydrogens (tertiary/aromatic N) is 3. The topological polar surface area (TPSA) is 58.1 Å². The minimum atomic E-state index is -0.482. The molecule has 0 aromatic carbocycles. The minimum Gasteiger partial charge on any atom is -0.367 e. The summed E-state index contributed by atoms with van der Waals surface area (Å²) < 4.78 is 0. The Balaban J connectivity index is 1.45. The molecule has 0 spiro atoms. The van der Waals surface area contributed by atoms with Crippen LogP contribution in [-0.2, 0) is 10.2 Å². The molecule has 0 radical (unpaired) electrons. The van der Waals surface area contributed by atoms with Gasteiger partial charge in [0.25, 0.3) is 0 Å². The third-order valence-corrected chi connectivity index (χ3v) is 5.77. The van der Waals surface area contributed by atoms with Gasteiger partial charge in [-0.15, -0.1) is 0 Å². The molecule has 1 N–H and O–H groups in total. The second-order valence-corrected chi connectivity index (χ2v) is 8.05. The van der Waals surface area contributed by atoms with Crippen LogP contribution in [0.3, 0.4) is 0 Å². The Morgan fingerprint density at radius 1 is 1.12 bits per heavy atom. The zero-order valence-electron chi connectivity index (χ0n) is 15.7. The third-order valence-electron chi connectivity index (χ3n) is 5.77. The molecule has 1 saturated carbocycles. The van der Waals surface area contributed by atoms with Gasteiger partial charge in [-0.1, -0.05) is 12.1 Å². The van der Waals surface area contributed by atoms with Crippen LogP contribution in [0.4, 0.5) is 11.6 Å². The number of fused-ring (bicyclic) bond motifs is 1. The highest BCUT2D eigenvalue weighted by Gasteiger charge is 2.47. The van der Waals surface area contributed by atoms with E-state index < -0.39 is 5.41 Å². The van der Waals surface area contributed by atoms with Crippen LogP contribution in [0.25, 0.3) is 0 Å². The molecule has 3 heterocycles. The monoisotopic (exact) mass is 350 g/mol. The van der Waals surface area contributed by atoms with E-state index in [1.54, 1.807) is 6.20 Å². The van der Waals surface area contributed by atoms with Crippen molar-refractivity contribution in [3.8, 4) is 0 Å². The molecular formula is C21H26N4O. The van der Waals surface area contributed by atoms with Crippen molar-refractivity contribution in [2.45, 2.75) is 64.0 Å². The number of nitrogens with one attached hydrogen (secondary N) is 1. The molecule has 2 aromatic rings. The lowest BCUT2D eigenvalue weighted by Crippen LogP contribution is -2.46. The molecule has 0 atom stereocenters. The van der Waals surface area contributed by atoms with Gasteiger partial charge in [-0.25, -0.2) is 9.97 Å². The van der Waals surface area contributed by atoms with E-state index in [4.69, 9.17) is 0 Å². The number of amides is 1. The predicted octanol–water partition coefficient (Wildman–Crippen LogP) is 3.83. The van der Waals surface area contributed by atoms with Crippen LogP contribution in [0.1, 0.15) is 50.7 Å². The molecule has 0 unspecified atom stereocenters. The molecule has 1 aliphatic carbocycles. The molecule has 5 heteroatoms. The lowest BCUT2D eigenvalue weighted by molar-refractivity contribution is -0.122. The van der Waals surface area contributed by atoms with Gasteiger partial charge in [-0.2, -0.15) is 0 Å². The summed E-state index contributed by atoms with van der Waals surface area (Å²) in [5.41, 5.74) is 1.74. The second-order valence-electron chi connectivity index (χ2n) is 8.05. The molecule has 26 heavy (non-hydrogen) atoms. The first kappa shape index (κ1) is 17.0. The quantitative estimate of drug-likeness (QED) is 0.914. The van der Waals surface area contributed by atoms with Crippen LogP contribution in [0, 0.1) is 6.92 Å². The number of hydrogen-bond acceptors (Lipinski definition) is 4. The number of rotatable bonds is 3. The number of pyridine rings is 2. The second kappa shape index (κ2) is 6.38. The Bertz CT molecular complexity index is 807. The van der Waals surface area contributed by atoms with E-state index in [-0.39, 0.29) is 11.9 Å². The van der Waals surface area contributed by atoms with E-state index in [1.807, 2.05) is 50.1 Å². The maximum atomic E-state index is 13.0. The summed E-state index contributed by atoms with van der Waals surface area (Å²) in [6.45, 7) is 6.06. The summed E-state index contributed by atoms with van der Waals surface area (Å²) in [7, 11) is 0. The van der Waals surface area contributed by atoms with Gasteiger partial charge in [0.2, 0.25) is 5.91 Å². The van der Waals surface area contributed by atoms with Crippen LogP contribution >= 0.6 is 0 Å². The van der Waals surface area contributed by atoms with Gasteiger partial charge in [0.05, 0.1) is 5.41 Å². The summed E-state index contributed by atoms with van der Waals surface area (Å²) >= 11 is 0. The molecule has 136 valence electrons. The molecule has 4 rings (SSSR count). The average Bonchev–Trinajstić information content (AvgIpc) is 2.85. The number of aromatic nitrogens is 2. The Labute approximate surface area is 154 Å². The number of carbonyl (C=O) groups excluding carboxylic acids is 1. The van der Waals surface area contributed by atoms with Crippen LogP contribution in [0.5, 0.6) is 0 Å². The van der Waals surface area contributed by atoms with Crippen LogP contribution in [0.2, 0.25) is 0 Å². The Morgan fingerprint density at radius 2 is 1.88 bits per heavy atom. The maximum absolute atomic E-state index is 13.0. The molecule has 0 bridgehead atoms. The van der Waals surface area contributed by atoms with E-state index in [0.29, 0.717) is 6.04 Å². The van der Waals surface area contributed by atoms with Crippen molar-refractivity contribution in [1.82, 2.24) is 9.97 Å². The van der Waals surface area contributed by atoms with Crippen LogP contribution in [0.15, 0.2) is 36.7 Å². The Kier molecular flexibility index (Phi) is 4.17. The molecule has 2 aliphatic rings. The van der Waals surface area contributed by atoms with Crippen molar-refractivity contribution >= 4 is 17.5 Å². The fourth-order valence-electron chi connectivity index (χ4n) is 4.17. The standard InChI is InChI=1S/C21H26N4O/c1-14-6-11-18(23-13-14)24-15-7-9-16(10-8-15)25-19-17(5-4-12-22-19)21(2,3)20(25)26/h4-6,11-13,15-16H,7-10H2,1-3H3,(H,23,24). The number of carbonyl (C=O) groups is 1. The van der Waals surface area contributed by atoms with Crippen molar-refractivity contribution in [3.63, 3.8) is 0 Å². The number of aryl methyl sites for hydroxylation is 1. The van der Waals surface area contributed by atoms with Gasteiger partial charge in [-0.3, -0.25) is 9.69 Å². The smallest absolute Gasteiger partial charge is 0.238 e. The molecule has 5 nitrogen and oxygen atoms in total. The molecule has 1 amide bonds. The summed E-state index contributed by atoms with van der Waals surface area (Å²) in [6.07, 6.45) is 7.72. The molecule has 1 fully saturated rings. The fraction of sp³-hybridized carbons (Fsp3) is 0.476. The highest BCUT2D eigenvalue weighted by Crippen LogP contribution is 2.43. The maximum Gasteiger partial charge on any atom is 0.238 e. The van der Waals surface area contributed by atoms with E-state index >= 15 is 0 Å². The third kappa shape index (κ3) is 2.85. The summed E-state index contributed by atoms with van der Waals surface area (Å²) in [6, 6.07) is 8.73. The molecular weight excluding hydrogens is 324 g/mol. The average molecular weight is 350 g/mol. The first-order valence-corrected chi connectivity index (χ1v) is 9.45. The highest BCUT2D eigenvalue weighted by molar-refractivity contribution is 6.07. The largest absolute Gasteiger partial charge is 0.367 e. The normalized spacial score (nSPS) is 24.4. The van der Waals surface area contributed by atoms with E-state index in [0.717, 1.165) is 42.9 Å². The fourth-order valence-corrected chi connectivity index (χ4v) is 4.17. The van der Waals surface area contributed by atoms with Crippen molar-refractivity contribution in [2.24, 2.45) is 0 Å². The molecule has 2 aromatic heterocycles. The van der Waals surface area contributed by atoms with Gasteiger partial charge in [0.1, 0.15) is 11.6 Å². The zero-order valence-corrected chi connectivity index (χ0v) is 15.7. The Hall–Kier alpha value is -2.43. The van der Waals surface area contributed by atoms with E-state index in [1.165, 1.54) is 5.56 Å². The molecule has 1 aliphatic heterocycles. The van der Waals surface area contributed by atoms with E-state index in [2.05, 4.69) is 21.4 Å². The van der Waals surface area contributed by atoms with Crippen LogP contribution < -0.4 is 10.2 Å². The van der Waals surface area contributed by atoms with Crippen molar-refractivity contribution in [2.75, 3.05) is 10.2 Å². The first-order valence-electron chi connectivity index (χ1n) is 9.45. The van der Waals surface area contributed by atoms with Gasteiger partial charge < -0.3 is 5.32 Å². The zero-order chi connectivity index (χ0) is 18.3. The van der Waals surface area contributed by atoms with Gasteiger partial charge in [0, 0.05) is 30.0 Å². The number of anilines is 2. The van der Waals surface area contributed by atoms with E-state index in [9.17, 15) is 4.79 Å². The summed E-state index contributed by atoms with van der Waals surface area (Å²) in [5.74, 6) is 1.98. The minimum absolute atomic E-state index is 0.183. The Morgan fingerprint density at radius 3 is 2.58 bits per heavy atom. The summed E-state index contributed by atoms with van der Waals surface area (Å²) in [5, 5.41) is 3.54. The van der Waals surface area contributed by atoms with Crippen molar-refractivity contribution < 1.29 is 4.79 Å². The van der Waals surface area contributed by atoms with Crippen molar-refractivity contribution in [3.05, 3.63) is 47.8 Å². The van der Waals surface area contributed by atoms with Crippen LogP contribution in [-0.4, -0.2) is 28.0 Å².